The summed E-state index contributed by atoms with van der Waals surface area (Å²) in [6.07, 6.45) is 2.38. The van der Waals surface area contributed by atoms with Gasteiger partial charge in [0, 0.05) is 19.6 Å². The van der Waals surface area contributed by atoms with Crippen molar-refractivity contribution in [1.82, 2.24) is 9.62 Å². The minimum absolute atomic E-state index is 0.297. The Labute approximate surface area is 95.5 Å². The molecule has 2 rings (SSSR count). The minimum atomic E-state index is -2.95. The molecule has 0 saturated carbocycles. The molecule has 1 aromatic rings. The molecule has 0 spiro atoms. The van der Waals surface area contributed by atoms with Gasteiger partial charge in [0.2, 0.25) is 10.0 Å². The molecule has 2 heterocycles. The first-order valence-corrected chi connectivity index (χ1v) is 7.00. The maximum absolute atomic E-state index is 11.5. The monoisotopic (exact) mass is 244 g/mol. The molecule has 1 aliphatic heterocycles. The van der Waals surface area contributed by atoms with Crippen LogP contribution in [0.2, 0.25) is 0 Å². The van der Waals surface area contributed by atoms with Gasteiger partial charge in [-0.15, -0.1) is 0 Å². The molecule has 0 radical (unpaired) electrons. The van der Waals surface area contributed by atoms with E-state index in [1.54, 1.807) is 10.6 Å². The molecular formula is C10H16N2O3S. The fraction of sp³-hybridized carbons (Fsp3) is 0.600. The van der Waals surface area contributed by atoms with Gasteiger partial charge in [0.15, 0.2) is 0 Å². The van der Waals surface area contributed by atoms with Crippen molar-refractivity contribution in [3.05, 3.63) is 24.2 Å². The van der Waals surface area contributed by atoms with Crippen molar-refractivity contribution in [2.45, 2.75) is 13.0 Å². The second-order valence-electron chi connectivity index (χ2n) is 3.82. The van der Waals surface area contributed by atoms with Crippen molar-refractivity contribution in [3.63, 3.8) is 0 Å². The molecule has 1 saturated heterocycles. The van der Waals surface area contributed by atoms with Crippen molar-refractivity contribution >= 4 is 10.0 Å². The lowest BCUT2D eigenvalue weighted by Gasteiger charge is -2.13. The number of nitrogens with one attached hydrogen (secondary N) is 1. The number of hydrogen-bond donors (Lipinski definition) is 1. The highest BCUT2D eigenvalue weighted by Gasteiger charge is 2.27. The van der Waals surface area contributed by atoms with Crippen LogP contribution in [-0.2, 0) is 16.6 Å². The van der Waals surface area contributed by atoms with E-state index in [9.17, 15) is 8.42 Å². The van der Waals surface area contributed by atoms with Crippen LogP contribution in [0.4, 0.5) is 0 Å². The van der Waals surface area contributed by atoms with Crippen LogP contribution in [0, 0.1) is 0 Å². The summed E-state index contributed by atoms with van der Waals surface area (Å²) in [5.74, 6) is 1.16. The molecule has 1 fully saturated rings. The number of hydrogen-bond acceptors (Lipinski definition) is 4. The molecular weight excluding hydrogens is 228 g/mol. The van der Waals surface area contributed by atoms with Crippen LogP contribution in [0.5, 0.6) is 0 Å². The molecule has 6 heteroatoms. The summed E-state index contributed by atoms with van der Waals surface area (Å²) >= 11 is 0. The van der Waals surface area contributed by atoms with Gasteiger partial charge < -0.3 is 9.73 Å². The van der Waals surface area contributed by atoms with E-state index in [2.05, 4.69) is 5.32 Å². The van der Waals surface area contributed by atoms with Crippen LogP contribution >= 0.6 is 0 Å². The molecule has 0 aromatic carbocycles. The predicted octanol–water partition coefficient (Wildman–Crippen LogP) is 0.405. The highest BCUT2D eigenvalue weighted by atomic mass is 32.2. The summed E-state index contributed by atoms with van der Waals surface area (Å²) in [5, 5.41) is 3.15. The van der Waals surface area contributed by atoms with Crippen LogP contribution in [0.25, 0.3) is 0 Å². The summed E-state index contributed by atoms with van der Waals surface area (Å²) in [7, 11) is -2.95. The number of rotatable bonds is 5. The first kappa shape index (κ1) is 11.6. The number of furan rings is 1. The van der Waals surface area contributed by atoms with E-state index in [0.717, 1.165) is 12.2 Å². The summed E-state index contributed by atoms with van der Waals surface area (Å²) in [6, 6.07) is 3.72. The number of nitrogens with zero attached hydrogens (tertiary/aromatic N) is 1. The molecule has 0 bridgehead atoms. The van der Waals surface area contributed by atoms with Gasteiger partial charge in [0.25, 0.3) is 0 Å². The van der Waals surface area contributed by atoms with E-state index in [4.69, 9.17) is 4.42 Å². The highest BCUT2D eigenvalue weighted by Crippen LogP contribution is 2.11. The Morgan fingerprint density at radius 2 is 2.38 bits per heavy atom. The molecule has 0 aliphatic carbocycles. The van der Waals surface area contributed by atoms with Gasteiger partial charge in [-0.3, -0.25) is 0 Å². The van der Waals surface area contributed by atoms with E-state index >= 15 is 0 Å². The van der Waals surface area contributed by atoms with Crippen molar-refractivity contribution in [3.8, 4) is 0 Å². The van der Waals surface area contributed by atoms with Gasteiger partial charge in [-0.25, -0.2) is 12.7 Å². The Hall–Kier alpha value is -0.850. The smallest absolute Gasteiger partial charge is 0.214 e. The number of sulfonamides is 1. The average Bonchev–Trinajstić information content (AvgIpc) is 2.83. The lowest BCUT2D eigenvalue weighted by atomic mass is 10.4. The van der Waals surface area contributed by atoms with Gasteiger partial charge in [0.05, 0.1) is 18.6 Å². The van der Waals surface area contributed by atoms with Gasteiger partial charge in [0.1, 0.15) is 5.76 Å². The first-order valence-electron chi connectivity index (χ1n) is 5.39. The quantitative estimate of drug-likeness (QED) is 0.762. The van der Waals surface area contributed by atoms with Gasteiger partial charge in [-0.05, 0) is 18.6 Å². The lowest BCUT2D eigenvalue weighted by molar-refractivity contribution is 0.422. The standard InChI is InChI=1S/C10H16N2O3S/c13-16(14)8-2-5-12(16)6-4-11-9-10-3-1-7-15-10/h1,3,7,11H,2,4-6,8-9H2. The second-order valence-corrected chi connectivity index (χ2v) is 5.91. The van der Waals surface area contributed by atoms with Crippen molar-refractivity contribution in [2.75, 3.05) is 25.4 Å². The lowest BCUT2D eigenvalue weighted by Crippen LogP contribution is -2.33. The normalized spacial score (nSPS) is 20.2. The fourth-order valence-electron chi connectivity index (χ4n) is 1.77. The van der Waals surface area contributed by atoms with Gasteiger partial charge in [-0.1, -0.05) is 0 Å². The highest BCUT2D eigenvalue weighted by molar-refractivity contribution is 7.89. The van der Waals surface area contributed by atoms with Crippen molar-refractivity contribution in [1.29, 1.82) is 0 Å². The summed E-state index contributed by atoms with van der Waals surface area (Å²) < 4.78 is 29.6. The van der Waals surface area contributed by atoms with Gasteiger partial charge >= 0.3 is 0 Å². The fourth-order valence-corrected chi connectivity index (χ4v) is 3.30. The molecule has 1 aliphatic rings. The Bertz CT molecular complexity index is 413. The zero-order valence-corrected chi connectivity index (χ0v) is 9.87. The van der Waals surface area contributed by atoms with Crippen LogP contribution in [-0.4, -0.2) is 38.1 Å². The Balaban J connectivity index is 1.69. The van der Waals surface area contributed by atoms with Gasteiger partial charge in [-0.2, -0.15) is 0 Å². The third-order valence-electron chi connectivity index (χ3n) is 2.62. The SMILES string of the molecule is O=S1(=O)CCCN1CCNCc1ccco1. The maximum atomic E-state index is 11.5. The molecule has 5 nitrogen and oxygen atoms in total. The summed E-state index contributed by atoms with van der Waals surface area (Å²) in [4.78, 5) is 0. The third-order valence-corrected chi connectivity index (χ3v) is 4.58. The average molecular weight is 244 g/mol. The van der Waals surface area contributed by atoms with Crippen molar-refractivity contribution in [2.24, 2.45) is 0 Å². The molecule has 0 unspecified atom stereocenters. The van der Waals surface area contributed by atoms with Crippen LogP contribution in [0.1, 0.15) is 12.2 Å². The second kappa shape index (κ2) is 4.99. The molecule has 1 N–H and O–H groups in total. The molecule has 16 heavy (non-hydrogen) atoms. The third kappa shape index (κ3) is 2.84. The van der Waals surface area contributed by atoms with Crippen LogP contribution in [0.3, 0.4) is 0 Å². The Morgan fingerprint density at radius 3 is 3.00 bits per heavy atom. The molecule has 1 aromatic heterocycles. The largest absolute Gasteiger partial charge is 0.468 e. The zero-order valence-electron chi connectivity index (χ0n) is 9.05. The van der Waals surface area contributed by atoms with Crippen LogP contribution in [0.15, 0.2) is 22.8 Å². The van der Waals surface area contributed by atoms with E-state index in [1.807, 2.05) is 12.1 Å². The van der Waals surface area contributed by atoms with E-state index in [1.165, 1.54) is 0 Å². The maximum Gasteiger partial charge on any atom is 0.214 e. The van der Waals surface area contributed by atoms with E-state index in [0.29, 0.717) is 31.9 Å². The topological polar surface area (TPSA) is 62.6 Å². The molecule has 0 amide bonds. The van der Waals surface area contributed by atoms with Crippen molar-refractivity contribution < 1.29 is 12.8 Å². The van der Waals surface area contributed by atoms with E-state index in [-0.39, 0.29) is 0 Å². The Morgan fingerprint density at radius 1 is 1.50 bits per heavy atom. The molecule has 90 valence electrons. The Kier molecular flexibility index (Phi) is 3.63. The minimum Gasteiger partial charge on any atom is -0.468 e. The first-order chi connectivity index (χ1) is 7.68. The zero-order chi connectivity index (χ0) is 11.4. The summed E-state index contributed by atoms with van der Waals surface area (Å²) in [5.41, 5.74) is 0. The van der Waals surface area contributed by atoms with E-state index < -0.39 is 10.0 Å². The van der Waals surface area contributed by atoms with Crippen LogP contribution < -0.4 is 5.32 Å². The molecule has 0 atom stereocenters. The predicted molar refractivity (Wildman–Crippen MR) is 60.4 cm³/mol. The summed E-state index contributed by atoms with van der Waals surface area (Å²) in [6.45, 7) is 2.49.